The minimum absolute atomic E-state index is 0.131. The predicted molar refractivity (Wildman–Crippen MR) is 80.4 cm³/mol. The average Bonchev–Trinajstić information content (AvgIpc) is 2.48. The Kier molecular flexibility index (Phi) is 4.87. The Hall–Kier alpha value is -2.43. The van der Waals surface area contributed by atoms with Crippen LogP contribution in [-0.2, 0) is 0 Å². The third-order valence-electron chi connectivity index (χ3n) is 2.99. The molecule has 0 aliphatic rings. The lowest BCUT2D eigenvalue weighted by Gasteiger charge is -2.16. The van der Waals surface area contributed by atoms with Gasteiger partial charge in [0, 0.05) is 6.20 Å². The van der Waals surface area contributed by atoms with Gasteiger partial charge in [-0.05, 0) is 32.4 Å². The summed E-state index contributed by atoms with van der Waals surface area (Å²) in [4.78, 5) is 20.0. The van der Waals surface area contributed by atoms with Crippen LogP contribution in [0, 0.1) is 13.8 Å². The molecule has 1 aromatic heterocycles. The van der Waals surface area contributed by atoms with Crippen LogP contribution in [0.2, 0.25) is 0 Å². The van der Waals surface area contributed by atoms with Gasteiger partial charge in [-0.1, -0.05) is 18.2 Å². The third kappa shape index (κ3) is 4.27. The molecular weight excluding hydrogens is 266 g/mol. The lowest BCUT2D eigenvalue weighted by molar-refractivity contribution is 0.0926. The number of hydrogen-bond donors (Lipinski definition) is 1. The second-order valence-corrected chi connectivity index (χ2v) is 4.95. The summed E-state index contributed by atoms with van der Waals surface area (Å²) >= 11 is 0. The molecule has 0 radical (unpaired) electrons. The summed E-state index contributed by atoms with van der Waals surface area (Å²) in [5, 5.41) is 2.79. The molecule has 21 heavy (non-hydrogen) atoms. The predicted octanol–water partition coefficient (Wildman–Crippen LogP) is 2.29. The van der Waals surface area contributed by atoms with Crippen molar-refractivity contribution in [1.82, 2.24) is 15.3 Å². The van der Waals surface area contributed by atoms with Crippen LogP contribution in [0.1, 0.15) is 28.7 Å². The molecule has 0 saturated heterocycles. The van der Waals surface area contributed by atoms with E-state index in [9.17, 15) is 4.79 Å². The number of carbonyl (C=O) groups excluding carboxylic acids is 1. The van der Waals surface area contributed by atoms with E-state index in [1.54, 1.807) is 6.20 Å². The van der Waals surface area contributed by atoms with Crippen LogP contribution in [0.3, 0.4) is 0 Å². The molecule has 0 aliphatic heterocycles. The highest BCUT2D eigenvalue weighted by Crippen LogP contribution is 2.17. The molecule has 5 heteroatoms. The molecule has 1 atom stereocenters. The van der Waals surface area contributed by atoms with Gasteiger partial charge in [-0.15, -0.1) is 0 Å². The van der Waals surface area contributed by atoms with Crippen molar-refractivity contribution in [3.05, 3.63) is 53.6 Å². The van der Waals surface area contributed by atoms with Gasteiger partial charge in [0.2, 0.25) is 0 Å². The fraction of sp³-hybridized carbons (Fsp3) is 0.312. The topological polar surface area (TPSA) is 64.1 Å². The van der Waals surface area contributed by atoms with Crippen molar-refractivity contribution >= 4 is 5.91 Å². The van der Waals surface area contributed by atoms with Crippen molar-refractivity contribution in [2.24, 2.45) is 0 Å². The van der Waals surface area contributed by atoms with E-state index in [1.165, 1.54) is 6.20 Å². The largest absolute Gasteiger partial charge is 0.489 e. The maximum atomic E-state index is 11.9. The van der Waals surface area contributed by atoms with Gasteiger partial charge in [0.1, 0.15) is 17.5 Å². The quantitative estimate of drug-likeness (QED) is 0.915. The molecule has 1 amide bonds. The Morgan fingerprint density at radius 3 is 2.67 bits per heavy atom. The van der Waals surface area contributed by atoms with Gasteiger partial charge in [0.05, 0.1) is 18.4 Å². The second kappa shape index (κ2) is 6.83. The SMILES string of the molecule is Cc1cnc(C(=O)NCC(C)Oc2ccccc2C)cn1. The van der Waals surface area contributed by atoms with Gasteiger partial charge < -0.3 is 10.1 Å². The summed E-state index contributed by atoms with van der Waals surface area (Å²) in [6.45, 7) is 6.13. The minimum atomic E-state index is -0.247. The first-order valence-electron chi connectivity index (χ1n) is 6.85. The molecule has 0 bridgehead atoms. The standard InChI is InChI=1S/C16H19N3O2/c1-11-6-4-5-7-15(11)21-13(3)9-19-16(20)14-10-17-12(2)8-18-14/h4-8,10,13H,9H2,1-3H3,(H,19,20). The fourth-order valence-electron chi connectivity index (χ4n) is 1.78. The van der Waals surface area contributed by atoms with Crippen LogP contribution < -0.4 is 10.1 Å². The first kappa shape index (κ1) is 15.0. The van der Waals surface area contributed by atoms with E-state index in [2.05, 4.69) is 15.3 Å². The van der Waals surface area contributed by atoms with Crippen molar-refractivity contribution in [3.8, 4) is 5.75 Å². The van der Waals surface area contributed by atoms with Crippen LogP contribution in [0.15, 0.2) is 36.7 Å². The molecule has 0 saturated carbocycles. The van der Waals surface area contributed by atoms with Gasteiger partial charge in [0.15, 0.2) is 0 Å². The van der Waals surface area contributed by atoms with Crippen molar-refractivity contribution < 1.29 is 9.53 Å². The second-order valence-electron chi connectivity index (χ2n) is 4.95. The van der Waals surface area contributed by atoms with Crippen molar-refractivity contribution in [1.29, 1.82) is 0 Å². The normalized spacial score (nSPS) is 11.8. The maximum absolute atomic E-state index is 11.9. The number of hydrogen-bond acceptors (Lipinski definition) is 4. The molecule has 5 nitrogen and oxygen atoms in total. The Balaban J connectivity index is 1.86. The van der Waals surface area contributed by atoms with Gasteiger partial charge in [0.25, 0.3) is 5.91 Å². The first-order valence-corrected chi connectivity index (χ1v) is 6.85. The molecule has 1 N–H and O–H groups in total. The molecular formula is C16H19N3O2. The van der Waals surface area contributed by atoms with E-state index < -0.39 is 0 Å². The number of amides is 1. The summed E-state index contributed by atoms with van der Waals surface area (Å²) < 4.78 is 5.80. The van der Waals surface area contributed by atoms with Crippen LogP contribution in [0.4, 0.5) is 0 Å². The molecule has 110 valence electrons. The Morgan fingerprint density at radius 2 is 2.00 bits per heavy atom. The Labute approximate surface area is 124 Å². The lowest BCUT2D eigenvalue weighted by atomic mass is 10.2. The smallest absolute Gasteiger partial charge is 0.271 e. The van der Waals surface area contributed by atoms with E-state index in [4.69, 9.17) is 4.74 Å². The zero-order valence-electron chi connectivity index (χ0n) is 12.5. The van der Waals surface area contributed by atoms with Crippen LogP contribution in [-0.4, -0.2) is 28.5 Å². The van der Waals surface area contributed by atoms with E-state index >= 15 is 0 Å². The van der Waals surface area contributed by atoms with E-state index in [1.807, 2.05) is 45.0 Å². The maximum Gasteiger partial charge on any atom is 0.271 e. The van der Waals surface area contributed by atoms with Crippen LogP contribution in [0.25, 0.3) is 0 Å². The molecule has 0 fully saturated rings. The van der Waals surface area contributed by atoms with Gasteiger partial charge >= 0.3 is 0 Å². The number of nitrogens with zero attached hydrogens (tertiary/aromatic N) is 2. The molecule has 0 spiro atoms. The number of nitrogens with one attached hydrogen (secondary N) is 1. The monoisotopic (exact) mass is 285 g/mol. The molecule has 2 rings (SSSR count). The first-order chi connectivity index (χ1) is 10.1. The molecule has 2 aromatic rings. The van der Waals surface area contributed by atoms with Crippen LogP contribution >= 0.6 is 0 Å². The molecule has 1 aromatic carbocycles. The van der Waals surface area contributed by atoms with Gasteiger partial charge in [-0.25, -0.2) is 4.98 Å². The Bertz CT molecular complexity index is 611. The summed E-state index contributed by atoms with van der Waals surface area (Å²) in [5.41, 5.74) is 2.16. The van der Waals surface area contributed by atoms with Gasteiger partial charge in [-0.2, -0.15) is 0 Å². The molecule has 1 heterocycles. The van der Waals surface area contributed by atoms with Crippen LogP contribution in [0.5, 0.6) is 5.75 Å². The van der Waals surface area contributed by atoms with Crippen molar-refractivity contribution in [2.45, 2.75) is 26.9 Å². The summed E-state index contributed by atoms with van der Waals surface area (Å²) in [5.74, 6) is 0.581. The summed E-state index contributed by atoms with van der Waals surface area (Å²) in [6, 6.07) is 7.79. The summed E-state index contributed by atoms with van der Waals surface area (Å²) in [7, 11) is 0. The number of rotatable bonds is 5. The number of aromatic nitrogens is 2. The number of ether oxygens (including phenoxy) is 1. The van der Waals surface area contributed by atoms with E-state index in [-0.39, 0.29) is 12.0 Å². The van der Waals surface area contributed by atoms with E-state index in [0.717, 1.165) is 17.0 Å². The van der Waals surface area contributed by atoms with Crippen molar-refractivity contribution in [3.63, 3.8) is 0 Å². The Morgan fingerprint density at radius 1 is 1.24 bits per heavy atom. The lowest BCUT2D eigenvalue weighted by Crippen LogP contribution is -2.34. The zero-order chi connectivity index (χ0) is 15.2. The summed E-state index contributed by atoms with van der Waals surface area (Å²) in [6.07, 6.45) is 2.91. The zero-order valence-corrected chi connectivity index (χ0v) is 12.5. The van der Waals surface area contributed by atoms with Crippen molar-refractivity contribution in [2.75, 3.05) is 6.54 Å². The number of carbonyl (C=O) groups is 1. The van der Waals surface area contributed by atoms with Gasteiger partial charge in [-0.3, -0.25) is 9.78 Å². The molecule has 0 aliphatic carbocycles. The third-order valence-corrected chi connectivity index (χ3v) is 2.99. The molecule has 1 unspecified atom stereocenters. The highest BCUT2D eigenvalue weighted by atomic mass is 16.5. The number of benzene rings is 1. The number of aryl methyl sites for hydroxylation is 2. The highest BCUT2D eigenvalue weighted by molar-refractivity contribution is 5.91. The average molecular weight is 285 g/mol. The minimum Gasteiger partial charge on any atom is -0.489 e. The number of para-hydroxylation sites is 1. The van der Waals surface area contributed by atoms with E-state index in [0.29, 0.717) is 12.2 Å². The fourth-order valence-corrected chi connectivity index (χ4v) is 1.78. The highest BCUT2D eigenvalue weighted by Gasteiger charge is 2.11.